The summed E-state index contributed by atoms with van der Waals surface area (Å²) in [5.74, 6) is 1.25. The lowest BCUT2D eigenvalue weighted by Gasteiger charge is -2.13. The topological polar surface area (TPSA) is 52.1 Å². The molecule has 0 unspecified atom stereocenters. The van der Waals surface area contributed by atoms with Gasteiger partial charge in [-0.05, 0) is 55.2 Å². The van der Waals surface area contributed by atoms with Crippen LogP contribution < -0.4 is 4.74 Å². The predicted molar refractivity (Wildman–Crippen MR) is 113 cm³/mol. The second kappa shape index (κ2) is 8.98. The van der Waals surface area contributed by atoms with E-state index in [2.05, 4.69) is 16.9 Å². The zero-order chi connectivity index (χ0) is 20.1. The van der Waals surface area contributed by atoms with Crippen molar-refractivity contribution in [2.45, 2.75) is 39.7 Å². The lowest BCUT2D eigenvalue weighted by atomic mass is 9.94. The number of rotatable bonds is 7. The van der Waals surface area contributed by atoms with Crippen LogP contribution >= 0.6 is 11.6 Å². The SMILES string of the molecule is CCc1c(CC=O)cccc1-c1cnc(-c2ccc(OC(C)C)c(Cl)c2)nc1. The summed E-state index contributed by atoms with van der Waals surface area (Å²) in [7, 11) is 0. The van der Waals surface area contributed by atoms with Crippen LogP contribution in [0.15, 0.2) is 48.8 Å². The molecule has 4 nitrogen and oxygen atoms in total. The first-order valence-corrected chi connectivity index (χ1v) is 9.74. The summed E-state index contributed by atoms with van der Waals surface area (Å²) < 4.78 is 5.67. The Bertz CT molecular complexity index is 969. The average molecular weight is 395 g/mol. The quantitative estimate of drug-likeness (QED) is 0.492. The number of hydrogen-bond acceptors (Lipinski definition) is 4. The van der Waals surface area contributed by atoms with Gasteiger partial charge in [-0.2, -0.15) is 0 Å². The Balaban J connectivity index is 1.91. The molecule has 0 spiro atoms. The summed E-state index contributed by atoms with van der Waals surface area (Å²) in [5.41, 5.74) is 5.03. The number of benzene rings is 2. The molecule has 2 aromatic carbocycles. The number of ether oxygens (including phenoxy) is 1. The zero-order valence-corrected chi connectivity index (χ0v) is 17.0. The predicted octanol–water partition coefficient (Wildman–Crippen LogP) is 5.56. The van der Waals surface area contributed by atoms with E-state index in [1.807, 2.05) is 62.6 Å². The Morgan fingerprint density at radius 2 is 1.86 bits per heavy atom. The molecule has 1 heterocycles. The monoisotopic (exact) mass is 394 g/mol. The highest BCUT2D eigenvalue weighted by Crippen LogP contribution is 2.31. The summed E-state index contributed by atoms with van der Waals surface area (Å²) in [6, 6.07) is 11.6. The van der Waals surface area contributed by atoms with Crippen molar-refractivity contribution < 1.29 is 9.53 Å². The molecule has 0 atom stereocenters. The fourth-order valence-electron chi connectivity index (χ4n) is 3.21. The van der Waals surface area contributed by atoms with Crippen LogP contribution in [-0.2, 0) is 17.6 Å². The number of aldehydes is 1. The molecule has 0 fully saturated rings. The molecule has 1 aromatic heterocycles. The molecular weight excluding hydrogens is 372 g/mol. The Kier molecular flexibility index (Phi) is 6.42. The molecule has 3 aromatic rings. The van der Waals surface area contributed by atoms with E-state index in [1.54, 1.807) is 0 Å². The van der Waals surface area contributed by atoms with Crippen LogP contribution in [0.2, 0.25) is 5.02 Å². The van der Waals surface area contributed by atoms with E-state index in [9.17, 15) is 4.79 Å². The van der Waals surface area contributed by atoms with Gasteiger partial charge in [-0.1, -0.05) is 36.7 Å². The molecule has 0 radical (unpaired) electrons. The highest BCUT2D eigenvalue weighted by Gasteiger charge is 2.11. The second-order valence-corrected chi connectivity index (χ2v) is 7.18. The third-order valence-electron chi connectivity index (χ3n) is 4.45. The van der Waals surface area contributed by atoms with E-state index in [1.165, 1.54) is 0 Å². The molecule has 0 bridgehead atoms. The van der Waals surface area contributed by atoms with Gasteiger partial charge in [0.25, 0.3) is 0 Å². The first kappa shape index (κ1) is 20.0. The first-order valence-electron chi connectivity index (χ1n) is 9.36. The van der Waals surface area contributed by atoms with Crippen molar-refractivity contribution >= 4 is 17.9 Å². The van der Waals surface area contributed by atoms with Crippen LogP contribution in [0.25, 0.3) is 22.5 Å². The van der Waals surface area contributed by atoms with Crippen molar-refractivity contribution in [3.63, 3.8) is 0 Å². The molecule has 144 valence electrons. The molecular formula is C23H23ClN2O2. The van der Waals surface area contributed by atoms with Gasteiger partial charge in [-0.15, -0.1) is 0 Å². The molecule has 5 heteroatoms. The largest absolute Gasteiger partial charge is 0.489 e. The van der Waals surface area contributed by atoms with E-state index in [4.69, 9.17) is 16.3 Å². The summed E-state index contributed by atoms with van der Waals surface area (Å²) in [4.78, 5) is 20.0. The van der Waals surface area contributed by atoms with Gasteiger partial charge in [0.1, 0.15) is 12.0 Å². The second-order valence-electron chi connectivity index (χ2n) is 6.77. The minimum Gasteiger partial charge on any atom is -0.489 e. The van der Waals surface area contributed by atoms with Gasteiger partial charge >= 0.3 is 0 Å². The zero-order valence-electron chi connectivity index (χ0n) is 16.3. The smallest absolute Gasteiger partial charge is 0.159 e. The van der Waals surface area contributed by atoms with Crippen LogP contribution in [0.1, 0.15) is 31.9 Å². The van der Waals surface area contributed by atoms with Gasteiger partial charge in [0.15, 0.2) is 5.82 Å². The van der Waals surface area contributed by atoms with Gasteiger partial charge in [0, 0.05) is 29.9 Å². The third kappa shape index (κ3) is 4.39. The van der Waals surface area contributed by atoms with Crippen molar-refractivity contribution in [3.05, 3.63) is 64.9 Å². The minimum atomic E-state index is 0.0571. The lowest BCUT2D eigenvalue weighted by Crippen LogP contribution is -2.05. The Hall–Kier alpha value is -2.72. The molecule has 0 aliphatic rings. The minimum absolute atomic E-state index is 0.0571. The number of carbonyl (C=O) groups is 1. The molecule has 0 saturated heterocycles. The van der Waals surface area contributed by atoms with E-state index in [-0.39, 0.29) is 6.10 Å². The van der Waals surface area contributed by atoms with Crippen LogP contribution in [0, 0.1) is 0 Å². The molecule has 0 aliphatic heterocycles. The maximum absolute atomic E-state index is 11.0. The van der Waals surface area contributed by atoms with Crippen molar-refractivity contribution in [2.75, 3.05) is 0 Å². The number of aromatic nitrogens is 2. The molecule has 3 rings (SSSR count). The van der Waals surface area contributed by atoms with E-state index in [0.29, 0.717) is 23.0 Å². The molecule has 0 amide bonds. The maximum atomic E-state index is 11.0. The van der Waals surface area contributed by atoms with E-state index >= 15 is 0 Å². The van der Waals surface area contributed by atoms with Gasteiger partial charge in [-0.25, -0.2) is 9.97 Å². The van der Waals surface area contributed by atoms with Crippen LogP contribution in [0.4, 0.5) is 0 Å². The van der Waals surface area contributed by atoms with Gasteiger partial charge in [-0.3, -0.25) is 0 Å². The summed E-state index contributed by atoms with van der Waals surface area (Å²) in [6.07, 6.45) is 5.88. The van der Waals surface area contributed by atoms with E-state index < -0.39 is 0 Å². The van der Waals surface area contributed by atoms with Crippen molar-refractivity contribution in [1.29, 1.82) is 0 Å². The van der Waals surface area contributed by atoms with Crippen molar-refractivity contribution in [2.24, 2.45) is 0 Å². The summed E-state index contributed by atoms with van der Waals surface area (Å²) in [5, 5.41) is 0.536. The lowest BCUT2D eigenvalue weighted by molar-refractivity contribution is -0.107. The Morgan fingerprint density at radius 1 is 1.11 bits per heavy atom. The number of carbonyl (C=O) groups excluding carboxylic acids is 1. The Morgan fingerprint density at radius 3 is 2.46 bits per heavy atom. The van der Waals surface area contributed by atoms with Gasteiger partial charge in [0.2, 0.25) is 0 Å². The fraction of sp³-hybridized carbons (Fsp3) is 0.261. The average Bonchev–Trinajstić information content (AvgIpc) is 2.69. The number of nitrogens with zero attached hydrogens (tertiary/aromatic N) is 2. The fourth-order valence-corrected chi connectivity index (χ4v) is 3.43. The summed E-state index contributed by atoms with van der Waals surface area (Å²) in [6.45, 7) is 6.01. The molecule has 0 saturated carbocycles. The molecule has 0 aliphatic carbocycles. The number of halogens is 1. The highest BCUT2D eigenvalue weighted by molar-refractivity contribution is 6.32. The highest BCUT2D eigenvalue weighted by atomic mass is 35.5. The van der Waals surface area contributed by atoms with Gasteiger partial charge < -0.3 is 9.53 Å². The molecule has 0 N–H and O–H groups in total. The Labute approximate surface area is 170 Å². The molecule has 28 heavy (non-hydrogen) atoms. The van der Waals surface area contributed by atoms with Crippen LogP contribution in [-0.4, -0.2) is 22.4 Å². The van der Waals surface area contributed by atoms with Crippen LogP contribution in [0.3, 0.4) is 0 Å². The standard InChI is InChI=1S/C23H23ClN2O2/c1-4-19-16(10-11-27)6-5-7-20(19)18-13-25-23(26-14-18)17-8-9-22(21(24)12-17)28-15(2)3/h5-9,11-15H,4,10H2,1-3H3. The van der Waals surface area contributed by atoms with Gasteiger partial charge in [0.05, 0.1) is 11.1 Å². The third-order valence-corrected chi connectivity index (χ3v) is 4.74. The summed E-state index contributed by atoms with van der Waals surface area (Å²) >= 11 is 6.33. The maximum Gasteiger partial charge on any atom is 0.159 e. The van der Waals surface area contributed by atoms with Crippen molar-refractivity contribution in [1.82, 2.24) is 9.97 Å². The van der Waals surface area contributed by atoms with E-state index in [0.717, 1.165) is 40.5 Å². The van der Waals surface area contributed by atoms with Crippen LogP contribution in [0.5, 0.6) is 5.75 Å². The first-order chi connectivity index (χ1) is 13.5. The normalized spacial score (nSPS) is 10.9. The van der Waals surface area contributed by atoms with Crippen molar-refractivity contribution in [3.8, 4) is 28.3 Å². The number of hydrogen-bond donors (Lipinski definition) is 0.